The molecule has 1 saturated carbocycles. The van der Waals surface area contributed by atoms with Crippen LogP contribution in [0.3, 0.4) is 0 Å². The average Bonchev–Trinajstić information content (AvgIpc) is 2.95. The summed E-state index contributed by atoms with van der Waals surface area (Å²) >= 11 is 0. The highest BCUT2D eigenvalue weighted by atomic mass is 19.1. The summed E-state index contributed by atoms with van der Waals surface area (Å²) in [6.45, 7) is 6.54. The molecule has 0 atom stereocenters. The second-order valence-electron chi connectivity index (χ2n) is 9.39. The molecule has 1 aromatic heterocycles. The molecule has 0 saturated heterocycles. The lowest BCUT2D eigenvalue weighted by Crippen LogP contribution is -2.40. The summed E-state index contributed by atoms with van der Waals surface area (Å²) in [5.74, 6) is -0.732. The maximum atomic E-state index is 14.2. The van der Waals surface area contributed by atoms with Gasteiger partial charge in [-0.2, -0.15) is 0 Å². The molecule has 0 bridgehead atoms. The van der Waals surface area contributed by atoms with E-state index in [1.807, 2.05) is 11.6 Å². The predicted molar refractivity (Wildman–Crippen MR) is 119 cm³/mol. The molecule has 2 aromatic rings. The highest BCUT2D eigenvalue weighted by molar-refractivity contribution is 6.18. The van der Waals surface area contributed by atoms with E-state index in [9.17, 15) is 14.0 Å². The van der Waals surface area contributed by atoms with Crippen molar-refractivity contribution in [3.8, 4) is 0 Å². The van der Waals surface area contributed by atoms with Gasteiger partial charge in [0.05, 0.1) is 17.9 Å². The van der Waals surface area contributed by atoms with Crippen molar-refractivity contribution >= 4 is 28.4 Å². The summed E-state index contributed by atoms with van der Waals surface area (Å²) < 4.78 is 21.5. The molecule has 1 amide bonds. The van der Waals surface area contributed by atoms with Crippen molar-refractivity contribution in [1.29, 1.82) is 0 Å². The van der Waals surface area contributed by atoms with Gasteiger partial charge in [-0.1, -0.05) is 33.1 Å². The summed E-state index contributed by atoms with van der Waals surface area (Å²) in [5.41, 5.74) is 2.29. The summed E-state index contributed by atoms with van der Waals surface area (Å²) in [4.78, 5) is 28.2. The molecule has 1 aliphatic carbocycles. The molecular formula is C25H31FN2O3. The van der Waals surface area contributed by atoms with Crippen molar-refractivity contribution in [2.45, 2.75) is 58.3 Å². The van der Waals surface area contributed by atoms with E-state index in [0.717, 1.165) is 42.1 Å². The first kappa shape index (κ1) is 21.6. The van der Waals surface area contributed by atoms with Crippen molar-refractivity contribution in [2.24, 2.45) is 13.0 Å². The van der Waals surface area contributed by atoms with Crippen molar-refractivity contribution in [3.05, 3.63) is 41.5 Å². The lowest BCUT2D eigenvalue weighted by Gasteiger charge is -2.32. The van der Waals surface area contributed by atoms with Crippen LogP contribution in [0.25, 0.3) is 16.5 Å². The van der Waals surface area contributed by atoms with Crippen molar-refractivity contribution in [3.63, 3.8) is 0 Å². The zero-order valence-electron chi connectivity index (χ0n) is 18.8. The maximum Gasteiger partial charge on any atom is 0.341 e. The number of aromatic nitrogens is 1. The van der Waals surface area contributed by atoms with Crippen LogP contribution in [0.2, 0.25) is 0 Å². The monoisotopic (exact) mass is 426 g/mol. The fourth-order valence-corrected chi connectivity index (χ4v) is 5.27. The Balaban J connectivity index is 1.91. The van der Waals surface area contributed by atoms with E-state index in [-0.39, 0.29) is 24.2 Å². The molecule has 5 nitrogen and oxygen atoms in total. The van der Waals surface area contributed by atoms with Crippen LogP contribution in [0, 0.1) is 11.7 Å². The smallest absolute Gasteiger partial charge is 0.341 e. The fraction of sp³-hybridized carbons (Fsp3) is 0.520. The van der Waals surface area contributed by atoms with Gasteiger partial charge in [0, 0.05) is 42.0 Å². The first-order valence-electron chi connectivity index (χ1n) is 11.2. The average molecular weight is 427 g/mol. The molecule has 0 spiro atoms. The van der Waals surface area contributed by atoms with Crippen LogP contribution in [0.4, 0.5) is 4.39 Å². The molecule has 0 unspecified atom stereocenters. The van der Waals surface area contributed by atoms with Crippen LogP contribution in [0.1, 0.15) is 64.1 Å². The first-order valence-corrected chi connectivity index (χ1v) is 11.2. The Labute approximate surface area is 182 Å². The van der Waals surface area contributed by atoms with E-state index in [2.05, 4.69) is 13.8 Å². The van der Waals surface area contributed by atoms with Gasteiger partial charge < -0.3 is 14.2 Å². The number of ether oxygens (including phenoxy) is 1. The molecule has 0 N–H and O–H groups in total. The van der Waals surface area contributed by atoms with Gasteiger partial charge in [0.25, 0.3) is 0 Å². The van der Waals surface area contributed by atoms with Crippen molar-refractivity contribution in [2.75, 3.05) is 13.2 Å². The second kappa shape index (κ2) is 8.13. The Morgan fingerprint density at radius 2 is 1.90 bits per heavy atom. The van der Waals surface area contributed by atoms with Crippen LogP contribution >= 0.6 is 0 Å². The van der Waals surface area contributed by atoms with E-state index in [1.54, 1.807) is 24.1 Å². The highest BCUT2D eigenvalue weighted by Crippen LogP contribution is 2.42. The third-order valence-electron chi connectivity index (χ3n) is 6.68. The Morgan fingerprint density at radius 1 is 1.19 bits per heavy atom. The second-order valence-corrected chi connectivity index (χ2v) is 9.39. The zero-order chi connectivity index (χ0) is 22.3. The largest absolute Gasteiger partial charge is 0.462 e. The number of hydrogen-bond donors (Lipinski definition) is 0. The Bertz CT molecular complexity index is 1060. The third-order valence-corrected chi connectivity index (χ3v) is 6.68. The zero-order valence-corrected chi connectivity index (χ0v) is 18.8. The first-order chi connectivity index (χ1) is 14.7. The van der Waals surface area contributed by atoms with Gasteiger partial charge in [-0.3, -0.25) is 4.79 Å². The normalized spacial score (nSPS) is 19.0. The number of hydrogen-bond acceptors (Lipinski definition) is 3. The van der Waals surface area contributed by atoms with Crippen molar-refractivity contribution in [1.82, 2.24) is 9.47 Å². The van der Waals surface area contributed by atoms with Crippen LogP contribution in [-0.4, -0.2) is 34.5 Å². The van der Waals surface area contributed by atoms with E-state index >= 15 is 0 Å². The molecule has 2 heterocycles. The highest BCUT2D eigenvalue weighted by Gasteiger charge is 2.39. The Morgan fingerprint density at radius 3 is 2.58 bits per heavy atom. The van der Waals surface area contributed by atoms with Crippen LogP contribution in [0.15, 0.2) is 24.4 Å². The number of rotatable bonds is 3. The number of benzene rings is 1. The quantitative estimate of drug-likeness (QED) is 0.655. The van der Waals surface area contributed by atoms with Crippen LogP contribution in [-0.2, 0) is 26.8 Å². The number of carbonyl (C=O) groups is 2. The van der Waals surface area contributed by atoms with Gasteiger partial charge in [-0.05, 0) is 43.5 Å². The van der Waals surface area contributed by atoms with E-state index in [1.165, 1.54) is 18.6 Å². The maximum absolute atomic E-state index is 14.2. The number of nitrogens with zero attached hydrogens (tertiary/aromatic N) is 2. The van der Waals surface area contributed by atoms with Gasteiger partial charge in [-0.25, -0.2) is 9.18 Å². The van der Waals surface area contributed by atoms with Gasteiger partial charge >= 0.3 is 5.97 Å². The van der Waals surface area contributed by atoms with Crippen molar-refractivity contribution < 1.29 is 18.7 Å². The molecule has 1 aromatic carbocycles. The number of fused-ring (bicyclic) bond motifs is 3. The predicted octanol–water partition coefficient (Wildman–Crippen LogP) is 4.92. The lowest BCUT2D eigenvalue weighted by molar-refractivity contribution is -0.136. The van der Waals surface area contributed by atoms with Gasteiger partial charge in [0.15, 0.2) is 0 Å². The van der Waals surface area contributed by atoms with Gasteiger partial charge in [-0.15, -0.1) is 0 Å². The van der Waals surface area contributed by atoms with E-state index in [0.29, 0.717) is 17.8 Å². The molecule has 166 valence electrons. The number of esters is 1. The molecule has 4 rings (SSSR count). The fourth-order valence-electron chi connectivity index (χ4n) is 5.27. The minimum Gasteiger partial charge on any atom is -0.462 e. The summed E-state index contributed by atoms with van der Waals surface area (Å²) in [7, 11) is 1.88. The van der Waals surface area contributed by atoms with Gasteiger partial charge in [0.2, 0.25) is 5.91 Å². The lowest BCUT2D eigenvalue weighted by atomic mass is 9.81. The number of carbonyl (C=O) groups excluding carboxylic acids is 2. The summed E-state index contributed by atoms with van der Waals surface area (Å²) in [5, 5.41) is 0.768. The molecule has 2 aliphatic rings. The van der Waals surface area contributed by atoms with E-state index in [4.69, 9.17) is 4.74 Å². The number of aryl methyl sites for hydroxylation is 1. The number of halogens is 1. The number of amides is 1. The Hall–Kier alpha value is -2.63. The molecule has 0 radical (unpaired) electrons. The minimum absolute atomic E-state index is 0.0142. The molecule has 1 fully saturated rings. The summed E-state index contributed by atoms with van der Waals surface area (Å²) in [6, 6.07) is 4.70. The minimum atomic E-state index is -0.488. The molecule has 31 heavy (non-hydrogen) atoms. The molecular weight excluding hydrogens is 395 g/mol. The van der Waals surface area contributed by atoms with Crippen LogP contribution < -0.4 is 0 Å². The topological polar surface area (TPSA) is 51.5 Å². The molecule has 6 heteroatoms. The Kier molecular flexibility index (Phi) is 5.67. The SMILES string of the molecule is CCOC(=O)C1=CN(C(=O)C2CCCCC2)CC(C)(C)c2c1n(C)c1ccc(F)cc21. The summed E-state index contributed by atoms with van der Waals surface area (Å²) in [6.07, 6.45) is 6.75. The standard InChI is InChI=1S/C25H31FN2O3/c1-5-31-24(30)19-14-28(23(29)16-9-7-6-8-10-16)15-25(2,3)21-18-13-17(26)11-12-20(18)27(4)22(19)21/h11-14,16H,5-10,15H2,1-4H3. The molecule has 1 aliphatic heterocycles. The van der Waals surface area contributed by atoms with Gasteiger partial charge in [0.1, 0.15) is 5.82 Å². The third kappa shape index (κ3) is 3.77. The van der Waals surface area contributed by atoms with E-state index < -0.39 is 11.4 Å². The van der Waals surface area contributed by atoms with Crippen LogP contribution in [0.5, 0.6) is 0 Å².